The number of amides is 1. The second kappa shape index (κ2) is 6.39. The molecule has 1 aromatic heterocycles. The van der Waals surface area contributed by atoms with E-state index in [2.05, 4.69) is 20.9 Å². The molecule has 2 heterocycles. The minimum absolute atomic E-state index is 0.0510. The molecule has 0 radical (unpaired) electrons. The molecule has 1 atom stereocenters. The molecule has 0 aliphatic carbocycles. The molecule has 5 nitrogen and oxygen atoms in total. The summed E-state index contributed by atoms with van der Waals surface area (Å²) >= 11 is 0. The van der Waals surface area contributed by atoms with Gasteiger partial charge in [0, 0.05) is 42.9 Å². The number of halogens is 1. The van der Waals surface area contributed by atoms with Crippen LogP contribution in [0.15, 0.2) is 12.3 Å². The van der Waals surface area contributed by atoms with Crippen molar-refractivity contribution in [3.8, 4) is 0 Å². The predicted octanol–water partition coefficient (Wildman–Crippen LogP) is 1.80. The van der Waals surface area contributed by atoms with E-state index in [0.717, 1.165) is 6.42 Å². The Balaban J connectivity index is 1.95. The van der Waals surface area contributed by atoms with E-state index >= 15 is 0 Å². The molecule has 0 aromatic carbocycles. The first-order valence-electron chi connectivity index (χ1n) is 7.27. The molecule has 0 spiro atoms. The number of carbonyl (C=O) groups is 1. The zero-order valence-corrected chi connectivity index (χ0v) is 12.8. The topological polar surface area (TPSA) is 66.0 Å². The molecule has 1 aromatic rings. The summed E-state index contributed by atoms with van der Waals surface area (Å²) in [5.74, 6) is -0.0405. The Morgan fingerprint density at radius 3 is 2.86 bits per heavy atom. The monoisotopic (exact) mass is 294 g/mol. The van der Waals surface area contributed by atoms with Gasteiger partial charge in [-0.1, -0.05) is 0 Å². The Morgan fingerprint density at radius 2 is 2.24 bits per heavy atom. The quantitative estimate of drug-likeness (QED) is 0.775. The van der Waals surface area contributed by atoms with Crippen LogP contribution in [-0.4, -0.2) is 29.0 Å². The van der Waals surface area contributed by atoms with E-state index in [9.17, 15) is 9.18 Å². The van der Waals surface area contributed by atoms with Gasteiger partial charge in [0.15, 0.2) is 11.6 Å². The smallest absolute Gasteiger partial charge is 0.220 e. The van der Waals surface area contributed by atoms with Gasteiger partial charge in [0.05, 0.1) is 0 Å². The number of nitrogens with one attached hydrogen (secondary N) is 3. The van der Waals surface area contributed by atoms with Crippen LogP contribution in [0.1, 0.15) is 39.2 Å². The van der Waals surface area contributed by atoms with Crippen molar-refractivity contribution in [2.45, 2.75) is 51.7 Å². The predicted molar refractivity (Wildman–Crippen MR) is 80.4 cm³/mol. The van der Waals surface area contributed by atoms with Crippen LogP contribution in [0.5, 0.6) is 0 Å². The van der Waals surface area contributed by atoms with Crippen LogP contribution in [0.2, 0.25) is 0 Å². The van der Waals surface area contributed by atoms with Gasteiger partial charge in [0.2, 0.25) is 5.91 Å². The van der Waals surface area contributed by atoms with Crippen molar-refractivity contribution >= 4 is 11.7 Å². The van der Waals surface area contributed by atoms with E-state index in [1.165, 1.54) is 0 Å². The lowest BCUT2D eigenvalue weighted by Crippen LogP contribution is -2.35. The maximum Gasteiger partial charge on any atom is 0.220 e. The van der Waals surface area contributed by atoms with Crippen LogP contribution in [0.25, 0.3) is 0 Å². The van der Waals surface area contributed by atoms with Crippen LogP contribution < -0.4 is 16.0 Å². The molecular weight excluding hydrogens is 271 g/mol. The average Bonchev–Trinajstić information content (AvgIpc) is 2.81. The van der Waals surface area contributed by atoms with Gasteiger partial charge in [-0.25, -0.2) is 9.37 Å². The molecule has 1 amide bonds. The molecule has 1 saturated heterocycles. The number of anilines is 1. The highest BCUT2D eigenvalue weighted by molar-refractivity contribution is 5.78. The van der Waals surface area contributed by atoms with Crippen molar-refractivity contribution in [2.75, 3.05) is 11.9 Å². The summed E-state index contributed by atoms with van der Waals surface area (Å²) < 4.78 is 14.3. The normalized spacial score (nSPS) is 18.7. The van der Waals surface area contributed by atoms with E-state index in [1.54, 1.807) is 12.3 Å². The van der Waals surface area contributed by atoms with Gasteiger partial charge in [-0.2, -0.15) is 0 Å². The number of carbonyl (C=O) groups excluding carboxylic acids is 1. The number of hydrogen-bond donors (Lipinski definition) is 3. The van der Waals surface area contributed by atoms with Crippen LogP contribution >= 0.6 is 0 Å². The molecule has 1 aliphatic rings. The summed E-state index contributed by atoms with van der Waals surface area (Å²) in [5.41, 5.74) is 0.509. The Morgan fingerprint density at radius 1 is 1.48 bits per heavy atom. The molecule has 3 N–H and O–H groups in total. The van der Waals surface area contributed by atoms with Crippen LogP contribution in [0.3, 0.4) is 0 Å². The summed E-state index contributed by atoms with van der Waals surface area (Å²) in [7, 11) is 0. The summed E-state index contributed by atoms with van der Waals surface area (Å²) in [5, 5.41) is 9.08. The molecule has 1 aliphatic heterocycles. The molecular formula is C15H23FN4O. The highest BCUT2D eigenvalue weighted by Crippen LogP contribution is 2.17. The second-order valence-corrected chi connectivity index (χ2v) is 6.42. The molecule has 116 valence electrons. The third kappa shape index (κ3) is 4.67. The van der Waals surface area contributed by atoms with E-state index < -0.39 is 0 Å². The summed E-state index contributed by atoms with van der Waals surface area (Å²) in [6.07, 6.45) is 2.91. The second-order valence-electron chi connectivity index (χ2n) is 6.42. The van der Waals surface area contributed by atoms with E-state index in [-0.39, 0.29) is 29.1 Å². The molecule has 0 bridgehead atoms. The fraction of sp³-hybridized carbons (Fsp3) is 0.600. The van der Waals surface area contributed by atoms with Gasteiger partial charge in [-0.15, -0.1) is 0 Å². The largest absolute Gasteiger partial charge is 0.366 e. The van der Waals surface area contributed by atoms with E-state index in [0.29, 0.717) is 25.1 Å². The maximum atomic E-state index is 14.3. The fourth-order valence-electron chi connectivity index (χ4n) is 2.15. The number of aromatic nitrogens is 1. The zero-order chi connectivity index (χ0) is 15.5. The lowest BCUT2D eigenvalue weighted by molar-refractivity contribution is -0.119. The van der Waals surface area contributed by atoms with Gasteiger partial charge in [0.1, 0.15) is 0 Å². The maximum absolute atomic E-state index is 14.3. The Bertz CT molecular complexity index is 513. The first-order valence-corrected chi connectivity index (χ1v) is 7.27. The van der Waals surface area contributed by atoms with Crippen molar-refractivity contribution in [2.24, 2.45) is 0 Å². The first-order chi connectivity index (χ1) is 9.85. The van der Waals surface area contributed by atoms with Crippen LogP contribution in [0.4, 0.5) is 10.2 Å². The summed E-state index contributed by atoms with van der Waals surface area (Å²) in [4.78, 5) is 15.2. The molecule has 6 heteroatoms. The fourth-order valence-corrected chi connectivity index (χ4v) is 2.15. The minimum atomic E-state index is -0.335. The SMILES string of the molecule is CC(C)(C)NCc1ccnc(NCC2CCC(=O)N2)c1F. The molecule has 2 rings (SSSR count). The van der Waals surface area contributed by atoms with Gasteiger partial charge < -0.3 is 16.0 Å². The van der Waals surface area contributed by atoms with Gasteiger partial charge >= 0.3 is 0 Å². The number of pyridine rings is 1. The average molecular weight is 294 g/mol. The minimum Gasteiger partial charge on any atom is -0.366 e. The molecule has 1 unspecified atom stereocenters. The highest BCUT2D eigenvalue weighted by Gasteiger charge is 2.21. The lowest BCUT2D eigenvalue weighted by Gasteiger charge is -2.21. The highest BCUT2D eigenvalue weighted by atomic mass is 19.1. The van der Waals surface area contributed by atoms with Gasteiger partial charge in [-0.05, 0) is 33.3 Å². The number of rotatable bonds is 5. The number of nitrogens with zero attached hydrogens (tertiary/aromatic N) is 1. The third-order valence-corrected chi connectivity index (χ3v) is 3.38. The lowest BCUT2D eigenvalue weighted by atomic mass is 10.1. The summed E-state index contributed by atoms with van der Waals surface area (Å²) in [6.45, 7) is 7.05. The first kappa shape index (κ1) is 15.7. The van der Waals surface area contributed by atoms with Gasteiger partial charge in [0.25, 0.3) is 0 Å². The van der Waals surface area contributed by atoms with Crippen molar-refractivity contribution < 1.29 is 9.18 Å². The summed E-state index contributed by atoms with van der Waals surface area (Å²) in [6, 6.07) is 1.73. The molecule has 1 fully saturated rings. The van der Waals surface area contributed by atoms with Crippen LogP contribution in [0, 0.1) is 5.82 Å². The molecule has 21 heavy (non-hydrogen) atoms. The third-order valence-electron chi connectivity index (χ3n) is 3.38. The van der Waals surface area contributed by atoms with Crippen molar-refractivity contribution in [3.63, 3.8) is 0 Å². The van der Waals surface area contributed by atoms with Gasteiger partial charge in [-0.3, -0.25) is 4.79 Å². The van der Waals surface area contributed by atoms with E-state index in [4.69, 9.17) is 0 Å². The van der Waals surface area contributed by atoms with Crippen molar-refractivity contribution in [3.05, 3.63) is 23.6 Å². The standard InChI is InChI=1S/C15H23FN4O/c1-15(2,3)19-8-10-6-7-17-14(13(10)16)18-9-11-4-5-12(21)20-11/h6-7,11,19H,4-5,8-9H2,1-3H3,(H,17,18)(H,20,21). The molecule has 0 saturated carbocycles. The Hall–Kier alpha value is -1.69. The van der Waals surface area contributed by atoms with E-state index in [1.807, 2.05) is 20.8 Å². The van der Waals surface area contributed by atoms with Crippen molar-refractivity contribution in [1.29, 1.82) is 0 Å². The Kier molecular flexibility index (Phi) is 4.77. The van der Waals surface area contributed by atoms with Crippen molar-refractivity contribution in [1.82, 2.24) is 15.6 Å². The zero-order valence-electron chi connectivity index (χ0n) is 12.8. The number of hydrogen-bond acceptors (Lipinski definition) is 4. The Labute approximate surface area is 124 Å². The van der Waals surface area contributed by atoms with Crippen LogP contribution in [-0.2, 0) is 11.3 Å².